The van der Waals surface area contributed by atoms with Gasteiger partial charge in [0.05, 0.1) is 45.1 Å². The zero-order valence-corrected chi connectivity index (χ0v) is 86.2. The lowest BCUT2D eigenvalue weighted by Crippen LogP contribution is -2.37. The largest absolute Gasteiger partial charge is 0.459 e. The summed E-state index contributed by atoms with van der Waals surface area (Å²) < 4.78 is 23.0. The third kappa shape index (κ3) is 36.7. The summed E-state index contributed by atoms with van der Waals surface area (Å²) in [5.41, 5.74) is 14.9. The molecule has 24 nitrogen and oxygen atoms in total. The summed E-state index contributed by atoms with van der Waals surface area (Å²) in [6, 6.07) is 11.8. The van der Waals surface area contributed by atoms with Crippen LogP contribution in [-0.4, -0.2) is 193 Å². The molecule has 26 heteroatoms. The van der Waals surface area contributed by atoms with Gasteiger partial charge in [-0.15, -0.1) is 0 Å². The van der Waals surface area contributed by atoms with Gasteiger partial charge < -0.3 is 57.9 Å². The molecule has 0 aromatic heterocycles. The molecule has 0 radical (unpaired) electrons. The second-order valence-corrected chi connectivity index (χ2v) is 39.2. The molecule has 0 N–H and O–H groups in total. The van der Waals surface area contributed by atoms with E-state index >= 15 is 0 Å². The summed E-state index contributed by atoms with van der Waals surface area (Å²) in [6.45, 7) is 37.6. The van der Waals surface area contributed by atoms with E-state index in [-0.39, 0.29) is 86.4 Å². The van der Waals surface area contributed by atoms with Crippen LogP contribution in [0.2, 0.25) is 10.0 Å². The third-order valence-corrected chi connectivity index (χ3v) is 26.5. The van der Waals surface area contributed by atoms with Gasteiger partial charge in [-0.25, -0.2) is 19.2 Å². The number of likely N-dealkylation sites (tertiary alicyclic amines) is 4. The highest BCUT2D eigenvalue weighted by Crippen LogP contribution is 2.34. The molecule has 0 aliphatic carbocycles. The van der Waals surface area contributed by atoms with Crippen LogP contribution in [0, 0.1) is 79.1 Å². The number of carbonyl (C=O) groups excluding carboxylic acids is 8. The molecule has 0 bridgehead atoms. The van der Waals surface area contributed by atoms with Crippen molar-refractivity contribution in [2.45, 2.75) is 289 Å². The van der Waals surface area contributed by atoms with E-state index in [1.54, 1.807) is 0 Å². The van der Waals surface area contributed by atoms with Gasteiger partial charge in [0.1, 0.15) is 24.4 Å². The molecule has 4 saturated heterocycles. The molecule has 8 aliphatic rings. The van der Waals surface area contributed by atoms with Crippen molar-refractivity contribution in [2.75, 3.05) is 78.8 Å². The van der Waals surface area contributed by atoms with E-state index in [1.807, 2.05) is 176 Å². The number of aryl methyl sites for hydroxylation is 8. The molecule has 12 rings (SSSR count). The summed E-state index contributed by atoms with van der Waals surface area (Å²) in [5.74, 6) is -0.254. The van der Waals surface area contributed by atoms with Crippen LogP contribution in [0.1, 0.15) is 292 Å². The Balaban J connectivity index is 0.000000206. The summed E-state index contributed by atoms with van der Waals surface area (Å²) in [5, 5.41) is 18.3. The lowest BCUT2D eigenvalue weighted by molar-refractivity contribution is -0.137. The molecule has 748 valence electrons. The summed E-state index contributed by atoms with van der Waals surface area (Å²) in [4.78, 5) is 132. The molecular formula is C112H150Cl2N8O16. The minimum atomic E-state index is -0.394. The topological polar surface area (TPSA) is 273 Å². The first-order valence-electron chi connectivity index (χ1n) is 50.0. The van der Waals surface area contributed by atoms with Crippen LogP contribution in [0.25, 0.3) is 0 Å². The van der Waals surface area contributed by atoms with Crippen molar-refractivity contribution in [3.63, 3.8) is 0 Å². The predicted octanol–water partition coefficient (Wildman–Crippen LogP) is 22.6. The van der Waals surface area contributed by atoms with Crippen molar-refractivity contribution in [3.05, 3.63) is 233 Å². The Morgan fingerprint density at radius 2 is 0.536 bits per heavy atom. The number of carbonyl (C=O) groups is 8. The van der Waals surface area contributed by atoms with Crippen molar-refractivity contribution in [1.29, 1.82) is 0 Å². The van der Waals surface area contributed by atoms with Gasteiger partial charge in [0.2, 0.25) is 0 Å². The van der Waals surface area contributed by atoms with Crippen LogP contribution in [0.3, 0.4) is 0 Å². The van der Waals surface area contributed by atoms with Gasteiger partial charge in [-0.05, 0) is 289 Å². The van der Waals surface area contributed by atoms with E-state index in [0.29, 0.717) is 141 Å². The molecule has 0 spiro atoms. The molecule has 4 unspecified atom stereocenters. The first-order chi connectivity index (χ1) is 66.2. The molecule has 8 atom stereocenters. The maximum atomic E-state index is 13.2. The van der Waals surface area contributed by atoms with E-state index in [0.717, 1.165) is 198 Å². The zero-order valence-electron chi connectivity index (χ0n) is 84.6. The normalized spacial score (nSPS) is 24.9. The minimum Gasteiger partial charge on any atom is -0.459 e. The number of hydrogen-bond donors (Lipinski definition) is 0. The molecule has 8 aliphatic heterocycles. The number of hydrogen-bond acceptors (Lipinski definition) is 20. The Hall–Kier alpha value is -11.0. The van der Waals surface area contributed by atoms with Crippen molar-refractivity contribution in [3.8, 4) is 0 Å². The first kappa shape index (κ1) is 111. The maximum Gasteiger partial charge on any atom is 0.339 e. The minimum absolute atomic E-state index is 0.0302. The summed E-state index contributed by atoms with van der Waals surface area (Å²) in [6.07, 6.45) is 52.2. The number of amides is 4. The SMILES string of the molecule is Cc1cc(C)c2c(c1)CC(=N/OCC(=O)N1CCCCC1)/C=C/CC(C)/C=C/C[C@@H](C)OC2=O.Cc1cc(C)c2c(c1)CC(=N\OCC(=O)N1CCCCC1)/C=C/CC(C)/C=C/C[C@@H](C)OC2=O.Cc1cc(C)c2c(c1Cl)CC(=N/OCC(=O)N1CCCCC1)/C=C/CC(C)/C=C/C[C@@H](C)OC2=O.Cc1cc(C)c2c(c1Cl)CC(=N\OCC(=O)N1CCCCC1)/C=C/CC(C)/C=C/C[C@@H](C)OC2=O. The molecule has 4 fully saturated rings. The molecule has 138 heavy (non-hydrogen) atoms. The van der Waals surface area contributed by atoms with Crippen LogP contribution >= 0.6 is 23.2 Å². The van der Waals surface area contributed by atoms with E-state index in [4.69, 9.17) is 61.5 Å². The number of cyclic esters (lactones) is 4. The second-order valence-electron chi connectivity index (χ2n) is 38.5. The van der Waals surface area contributed by atoms with Gasteiger partial charge >= 0.3 is 23.9 Å². The molecule has 0 saturated carbocycles. The molecule has 4 aromatic carbocycles. The van der Waals surface area contributed by atoms with Gasteiger partial charge in [-0.3, -0.25) is 19.2 Å². The van der Waals surface area contributed by atoms with Crippen molar-refractivity contribution in [1.82, 2.24) is 19.6 Å². The average molecular weight is 1940 g/mol. The highest BCUT2D eigenvalue weighted by Gasteiger charge is 2.30. The van der Waals surface area contributed by atoms with Crippen LogP contribution < -0.4 is 0 Å². The van der Waals surface area contributed by atoms with Gasteiger partial charge in [0, 0.05) is 114 Å². The van der Waals surface area contributed by atoms with Gasteiger partial charge in [0.15, 0.2) is 26.4 Å². The zero-order chi connectivity index (χ0) is 99.7. The maximum absolute atomic E-state index is 13.2. The number of allylic oxidation sites excluding steroid dienone is 12. The molecular weight excluding hydrogens is 1780 g/mol. The van der Waals surface area contributed by atoms with Crippen LogP contribution in [0.5, 0.6) is 0 Å². The highest BCUT2D eigenvalue weighted by molar-refractivity contribution is 6.33. The lowest BCUT2D eigenvalue weighted by Gasteiger charge is -2.26. The number of benzene rings is 4. The Morgan fingerprint density at radius 3 is 0.790 bits per heavy atom. The second kappa shape index (κ2) is 57.5. The highest BCUT2D eigenvalue weighted by atomic mass is 35.5. The van der Waals surface area contributed by atoms with Crippen molar-refractivity contribution >= 4 is 93.6 Å². The van der Waals surface area contributed by atoms with Crippen LogP contribution in [0.15, 0.2) is 154 Å². The molecule has 8 heterocycles. The number of piperidine rings is 4. The summed E-state index contributed by atoms with van der Waals surface area (Å²) in [7, 11) is 0. The van der Waals surface area contributed by atoms with E-state index in [1.165, 1.54) is 12.8 Å². The average Bonchev–Trinajstić information content (AvgIpc) is 0.818. The summed E-state index contributed by atoms with van der Waals surface area (Å²) >= 11 is 13.4. The van der Waals surface area contributed by atoms with Crippen molar-refractivity contribution in [2.24, 2.45) is 44.3 Å². The fourth-order valence-electron chi connectivity index (χ4n) is 18.0. The van der Waals surface area contributed by atoms with E-state index < -0.39 is 11.9 Å². The number of fused-ring (bicyclic) bond motifs is 4. The lowest BCUT2D eigenvalue weighted by atomic mass is 9.94. The number of rotatable bonds is 12. The Kier molecular flexibility index (Phi) is 46.1. The third-order valence-electron chi connectivity index (χ3n) is 25.4. The Bertz CT molecular complexity index is 4890. The molecule has 4 aromatic rings. The standard InChI is InChI=1S/2C28H37ClN2O4.2C28H38N2O4/c2*1-19-10-8-12-22(4)35-28(33)26-20(2)16-21(3)27(29)24(26)17-23(13-9-11-19)30-34-18-25(32)31-14-6-5-7-15-31;2*1-20-10-8-12-23(4)34-28(32)27-22(3)16-21(2)17-24(27)18-25(13-9-11-20)29-33-19-26(31)30-14-6-5-7-15-30/h2*8-10,13,16,19,22H,5-7,11-12,14-15,17-18H2,1-4H3;2*8-10,13,16-17,20,23H,5-7,11-12,14-15,18-19H2,1-4H3/b10-8+,13-9+,30-23+;10-8+,13-9+,30-23-;10-8+,13-9+,29-25+;10-8+,13-9+,29-25-/t2*19?,22-;2*20?,23-/m1111/s1. The van der Waals surface area contributed by atoms with E-state index in [2.05, 4.69) is 109 Å². The van der Waals surface area contributed by atoms with Gasteiger partial charge in [-0.2, -0.15) is 0 Å². The smallest absolute Gasteiger partial charge is 0.339 e. The fraction of sp³-hybridized carbons (Fsp3) is 0.536. The fourth-order valence-corrected chi connectivity index (χ4v) is 18.4. The monoisotopic (exact) mass is 1930 g/mol. The number of halogens is 2. The number of oxime groups is 4. The van der Waals surface area contributed by atoms with Gasteiger partial charge in [-0.1, -0.05) is 192 Å². The number of ether oxygens (including phenoxy) is 4. The van der Waals surface area contributed by atoms with Crippen molar-refractivity contribution < 1.29 is 76.7 Å². The van der Waals surface area contributed by atoms with E-state index in [9.17, 15) is 38.4 Å². The quantitative estimate of drug-likeness (QED) is 0.0552. The Morgan fingerprint density at radius 1 is 0.304 bits per heavy atom. The van der Waals surface area contributed by atoms with Crippen LogP contribution in [-0.2, 0) is 83.2 Å². The molecule has 4 amide bonds. The number of nitrogens with zero attached hydrogens (tertiary/aromatic N) is 8. The Labute approximate surface area is 829 Å². The number of esters is 4. The van der Waals surface area contributed by atoms with Gasteiger partial charge in [0.25, 0.3) is 23.6 Å². The first-order valence-corrected chi connectivity index (χ1v) is 50.7. The van der Waals surface area contributed by atoms with Crippen LogP contribution in [0.4, 0.5) is 0 Å². The predicted molar refractivity (Wildman–Crippen MR) is 550 cm³/mol.